The summed E-state index contributed by atoms with van der Waals surface area (Å²) in [6.07, 6.45) is -1.89. The van der Waals surface area contributed by atoms with Crippen LogP contribution in [0.4, 0.5) is 16.2 Å². The van der Waals surface area contributed by atoms with Crippen molar-refractivity contribution in [1.29, 1.82) is 0 Å². The third-order valence-corrected chi connectivity index (χ3v) is 4.67. The largest absolute Gasteiger partial charge is 0.514 e. The van der Waals surface area contributed by atoms with E-state index in [4.69, 9.17) is 23.7 Å². The van der Waals surface area contributed by atoms with Gasteiger partial charge in [-0.25, -0.2) is 4.79 Å². The molecule has 0 aliphatic carbocycles. The lowest BCUT2D eigenvalue weighted by Gasteiger charge is -2.19. The van der Waals surface area contributed by atoms with Gasteiger partial charge in [0.15, 0.2) is 11.5 Å². The molecule has 13 nitrogen and oxygen atoms in total. The summed E-state index contributed by atoms with van der Waals surface area (Å²) in [7, 11) is 1.34. The lowest BCUT2D eigenvalue weighted by atomic mass is 10.1. The molecule has 0 fully saturated rings. The molecule has 0 saturated heterocycles. The van der Waals surface area contributed by atoms with Crippen LogP contribution in [-0.2, 0) is 14.3 Å². The van der Waals surface area contributed by atoms with E-state index in [1.165, 1.54) is 32.2 Å². The van der Waals surface area contributed by atoms with E-state index in [0.717, 1.165) is 18.2 Å². The molecule has 0 aromatic heterocycles. The van der Waals surface area contributed by atoms with Crippen LogP contribution in [0.2, 0.25) is 0 Å². The van der Waals surface area contributed by atoms with Crippen LogP contribution in [0.25, 0.3) is 0 Å². The average molecular weight is 520 g/mol. The number of carbonyl (C=O) groups is 2. The van der Waals surface area contributed by atoms with Crippen molar-refractivity contribution >= 4 is 23.5 Å². The number of carbonyl (C=O) groups excluding carboxylic acids is 2. The lowest BCUT2D eigenvalue weighted by molar-refractivity contribution is -0.386. The molecule has 0 bridgehead atoms. The SMILES string of the molecule is COc1cc(C(C)OC(=O)Oc2ccc([N+](=O)[O-])cc2)c([N+](=O)[O-])cc1OCCCC(=O)OC(C)(C)C. The van der Waals surface area contributed by atoms with Crippen molar-refractivity contribution in [3.63, 3.8) is 0 Å². The molecule has 0 spiro atoms. The Morgan fingerprint density at radius 3 is 2.19 bits per heavy atom. The number of non-ortho nitro benzene ring substituents is 1. The Bertz CT molecular complexity index is 1140. The number of rotatable bonds is 11. The first-order chi connectivity index (χ1) is 17.3. The smallest absolute Gasteiger partial charge is 0.493 e. The maximum Gasteiger partial charge on any atom is 0.514 e. The highest BCUT2D eigenvalue weighted by molar-refractivity contribution is 5.69. The third-order valence-electron chi connectivity index (χ3n) is 4.67. The number of nitro benzene ring substituents is 2. The molecular formula is C24H28N2O11. The zero-order valence-electron chi connectivity index (χ0n) is 21.0. The zero-order valence-corrected chi connectivity index (χ0v) is 21.0. The summed E-state index contributed by atoms with van der Waals surface area (Å²) in [5, 5.41) is 22.4. The number of hydrogen-bond donors (Lipinski definition) is 0. The van der Waals surface area contributed by atoms with Gasteiger partial charge in [0.25, 0.3) is 11.4 Å². The summed E-state index contributed by atoms with van der Waals surface area (Å²) in [6.45, 7) is 6.74. The van der Waals surface area contributed by atoms with Crippen molar-refractivity contribution < 1.29 is 43.1 Å². The molecule has 13 heteroatoms. The number of benzene rings is 2. The molecule has 0 radical (unpaired) electrons. The van der Waals surface area contributed by atoms with Crippen molar-refractivity contribution in [3.8, 4) is 17.2 Å². The van der Waals surface area contributed by atoms with Crippen LogP contribution < -0.4 is 14.2 Å². The summed E-state index contributed by atoms with van der Waals surface area (Å²) in [5.74, 6) is -0.180. The topological polar surface area (TPSA) is 167 Å². The monoisotopic (exact) mass is 520 g/mol. The summed E-state index contributed by atoms with van der Waals surface area (Å²) >= 11 is 0. The lowest BCUT2D eigenvalue weighted by Crippen LogP contribution is -2.24. The van der Waals surface area contributed by atoms with E-state index in [2.05, 4.69) is 0 Å². The number of hydrogen-bond acceptors (Lipinski definition) is 11. The van der Waals surface area contributed by atoms with Gasteiger partial charge < -0.3 is 23.7 Å². The molecule has 0 amide bonds. The van der Waals surface area contributed by atoms with E-state index < -0.39 is 39.4 Å². The highest BCUT2D eigenvalue weighted by atomic mass is 16.7. The maximum atomic E-state index is 12.2. The van der Waals surface area contributed by atoms with Crippen LogP contribution in [0.5, 0.6) is 17.2 Å². The van der Waals surface area contributed by atoms with Gasteiger partial charge >= 0.3 is 12.1 Å². The highest BCUT2D eigenvalue weighted by Crippen LogP contribution is 2.38. The molecule has 0 aliphatic rings. The first-order valence-corrected chi connectivity index (χ1v) is 11.1. The number of methoxy groups -OCH3 is 1. The number of nitro groups is 2. The Morgan fingerprint density at radius 2 is 1.65 bits per heavy atom. The van der Waals surface area contributed by atoms with Gasteiger partial charge in [-0.3, -0.25) is 25.0 Å². The van der Waals surface area contributed by atoms with Gasteiger partial charge in [0, 0.05) is 18.6 Å². The summed E-state index contributed by atoms with van der Waals surface area (Å²) in [4.78, 5) is 45.2. The number of nitrogens with zero attached hydrogens (tertiary/aromatic N) is 2. The molecule has 2 rings (SSSR count). The molecule has 0 saturated carbocycles. The summed E-state index contributed by atoms with van der Waals surface area (Å²) < 4.78 is 26.3. The Hall–Kier alpha value is -4.42. The fourth-order valence-corrected chi connectivity index (χ4v) is 3.08. The Kier molecular flexibility index (Phi) is 9.75. The highest BCUT2D eigenvalue weighted by Gasteiger charge is 2.27. The van der Waals surface area contributed by atoms with Crippen LogP contribution in [0.15, 0.2) is 36.4 Å². The first kappa shape index (κ1) is 28.8. The third kappa shape index (κ3) is 8.94. The molecule has 2 aromatic carbocycles. The van der Waals surface area contributed by atoms with E-state index >= 15 is 0 Å². The predicted molar refractivity (Wildman–Crippen MR) is 129 cm³/mol. The molecule has 1 atom stereocenters. The molecule has 0 aliphatic heterocycles. The van der Waals surface area contributed by atoms with Gasteiger partial charge in [0.05, 0.1) is 35.2 Å². The molecule has 1 unspecified atom stereocenters. The second-order valence-electron chi connectivity index (χ2n) is 8.72. The van der Waals surface area contributed by atoms with E-state index in [1.807, 2.05) is 0 Å². The molecule has 2 aromatic rings. The number of esters is 1. The minimum Gasteiger partial charge on any atom is -0.493 e. The van der Waals surface area contributed by atoms with Crippen LogP contribution in [0.1, 0.15) is 52.2 Å². The van der Waals surface area contributed by atoms with Crippen LogP contribution in [0.3, 0.4) is 0 Å². The summed E-state index contributed by atoms with van der Waals surface area (Å²) in [6, 6.07) is 7.17. The van der Waals surface area contributed by atoms with Crippen molar-refractivity contribution in [2.24, 2.45) is 0 Å². The van der Waals surface area contributed by atoms with E-state index in [1.54, 1.807) is 20.8 Å². The zero-order chi connectivity index (χ0) is 27.8. The van der Waals surface area contributed by atoms with Crippen LogP contribution in [-0.4, -0.2) is 41.3 Å². The minimum absolute atomic E-state index is 0.00925. The quantitative estimate of drug-likeness (QED) is 0.124. The van der Waals surface area contributed by atoms with Gasteiger partial charge in [0.2, 0.25) is 0 Å². The molecule has 37 heavy (non-hydrogen) atoms. The van der Waals surface area contributed by atoms with E-state index in [-0.39, 0.29) is 41.5 Å². The number of ether oxygens (including phenoxy) is 5. The second kappa shape index (κ2) is 12.5. The van der Waals surface area contributed by atoms with Gasteiger partial charge in [-0.05, 0) is 52.3 Å². The van der Waals surface area contributed by atoms with Crippen molar-refractivity contribution in [2.75, 3.05) is 13.7 Å². The van der Waals surface area contributed by atoms with E-state index in [0.29, 0.717) is 6.42 Å². The first-order valence-electron chi connectivity index (χ1n) is 11.1. The average Bonchev–Trinajstić information content (AvgIpc) is 2.80. The van der Waals surface area contributed by atoms with Crippen molar-refractivity contribution in [2.45, 2.75) is 52.2 Å². The van der Waals surface area contributed by atoms with Crippen molar-refractivity contribution in [3.05, 3.63) is 62.2 Å². The minimum atomic E-state index is -1.17. The van der Waals surface area contributed by atoms with Gasteiger partial charge in [0.1, 0.15) is 17.5 Å². The standard InChI is InChI=1S/C24H28N2O11/c1-15(35-23(28)36-17-10-8-16(9-11-17)25(29)30)18-13-20(33-5)21(14-19(18)26(31)32)34-12-6-7-22(27)37-24(2,3)4/h8-11,13-15H,6-7,12H2,1-5H3. The fourth-order valence-electron chi connectivity index (χ4n) is 3.08. The Morgan fingerprint density at radius 1 is 1.00 bits per heavy atom. The van der Waals surface area contributed by atoms with Gasteiger partial charge in [-0.15, -0.1) is 0 Å². The summed E-state index contributed by atoms with van der Waals surface area (Å²) in [5.41, 5.74) is -1.17. The normalized spacial score (nSPS) is 11.7. The predicted octanol–water partition coefficient (Wildman–Crippen LogP) is 5.29. The molecule has 200 valence electrons. The molecule has 0 N–H and O–H groups in total. The van der Waals surface area contributed by atoms with Crippen molar-refractivity contribution in [1.82, 2.24) is 0 Å². The van der Waals surface area contributed by atoms with Crippen LogP contribution in [0, 0.1) is 20.2 Å². The van der Waals surface area contributed by atoms with Gasteiger partial charge in [-0.1, -0.05) is 0 Å². The fraction of sp³-hybridized carbons (Fsp3) is 0.417. The Balaban J connectivity index is 2.09. The maximum absolute atomic E-state index is 12.2. The van der Waals surface area contributed by atoms with Gasteiger partial charge in [-0.2, -0.15) is 0 Å². The Labute approximate surface area is 212 Å². The molecular weight excluding hydrogens is 492 g/mol. The second-order valence-corrected chi connectivity index (χ2v) is 8.72. The van der Waals surface area contributed by atoms with Crippen LogP contribution >= 0.6 is 0 Å². The van der Waals surface area contributed by atoms with E-state index in [9.17, 15) is 29.8 Å². The molecule has 0 heterocycles.